The molecular weight excluding hydrogens is 324 g/mol. The number of benzene rings is 2. The van der Waals surface area contributed by atoms with Crippen LogP contribution in [0, 0.1) is 0 Å². The van der Waals surface area contributed by atoms with Crippen LogP contribution in [0.2, 0.25) is 5.02 Å². The van der Waals surface area contributed by atoms with Crippen LogP contribution in [-0.2, 0) is 11.2 Å². The number of amides is 1. The molecule has 0 heterocycles. The molecule has 0 aliphatic carbocycles. The molecule has 1 amide bonds. The predicted molar refractivity (Wildman–Crippen MR) is 97.6 cm³/mol. The minimum Gasteiger partial charge on any atom is -0.497 e. The Morgan fingerprint density at radius 2 is 1.75 bits per heavy atom. The van der Waals surface area contributed by atoms with Crippen molar-refractivity contribution in [2.24, 2.45) is 0 Å². The Morgan fingerprint density at radius 3 is 2.29 bits per heavy atom. The molecule has 0 aromatic heterocycles. The van der Waals surface area contributed by atoms with Crippen LogP contribution in [-0.4, -0.2) is 38.6 Å². The Kier molecular flexibility index (Phi) is 6.64. The van der Waals surface area contributed by atoms with E-state index in [1.807, 2.05) is 50.5 Å². The monoisotopic (exact) mass is 346 g/mol. The summed E-state index contributed by atoms with van der Waals surface area (Å²) in [5.74, 6) is 0.820. The number of carbonyl (C=O) groups is 1. The first kappa shape index (κ1) is 18.3. The lowest BCUT2D eigenvalue weighted by molar-refractivity contribution is -0.120. The van der Waals surface area contributed by atoms with E-state index >= 15 is 0 Å². The van der Waals surface area contributed by atoms with Crippen LogP contribution in [0.3, 0.4) is 0 Å². The third kappa shape index (κ3) is 5.25. The van der Waals surface area contributed by atoms with Crippen molar-refractivity contribution in [3.8, 4) is 5.75 Å². The number of likely N-dealkylation sites (N-methyl/N-ethyl adjacent to an activating group) is 1. The number of methoxy groups -OCH3 is 1. The maximum atomic E-state index is 12.2. The number of hydrogen-bond donors (Lipinski definition) is 1. The maximum Gasteiger partial charge on any atom is 0.224 e. The Balaban J connectivity index is 1.95. The van der Waals surface area contributed by atoms with E-state index in [0.29, 0.717) is 18.0 Å². The molecule has 1 atom stereocenters. The van der Waals surface area contributed by atoms with Crippen molar-refractivity contribution in [2.75, 3.05) is 27.7 Å². The standard InChI is InChI=1S/C19H23ClN2O2/c1-22(2)18(15-6-10-17(24-3)11-7-15)13-21-19(23)12-14-4-8-16(20)9-5-14/h4-11,18H,12-13H2,1-3H3,(H,21,23)/t18-/m0/s1. The highest BCUT2D eigenvalue weighted by Gasteiger charge is 2.15. The van der Waals surface area contributed by atoms with E-state index in [1.54, 1.807) is 19.2 Å². The van der Waals surface area contributed by atoms with Crippen LogP contribution in [0.1, 0.15) is 17.2 Å². The van der Waals surface area contributed by atoms with Crippen molar-refractivity contribution in [1.29, 1.82) is 0 Å². The quantitative estimate of drug-likeness (QED) is 0.836. The summed E-state index contributed by atoms with van der Waals surface area (Å²) in [5, 5.41) is 3.68. The number of nitrogens with zero attached hydrogens (tertiary/aromatic N) is 1. The number of ether oxygens (including phenoxy) is 1. The number of rotatable bonds is 7. The van der Waals surface area contributed by atoms with E-state index in [9.17, 15) is 4.79 Å². The molecule has 1 N–H and O–H groups in total. The zero-order chi connectivity index (χ0) is 17.5. The van der Waals surface area contributed by atoms with E-state index in [1.165, 1.54) is 0 Å². The highest BCUT2D eigenvalue weighted by Crippen LogP contribution is 2.20. The Bertz CT molecular complexity index is 654. The second-order valence-electron chi connectivity index (χ2n) is 5.86. The molecule has 0 spiro atoms. The first-order valence-electron chi connectivity index (χ1n) is 7.81. The summed E-state index contributed by atoms with van der Waals surface area (Å²) >= 11 is 5.86. The van der Waals surface area contributed by atoms with Crippen molar-refractivity contribution < 1.29 is 9.53 Å². The van der Waals surface area contributed by atoms with Gasteiger partial charge in [0.25, 0.3) is 0 Å². The SMILES string of the molecule is COc1ccc([C@H](CNC(=O)Cc2ccc(Cl)cc2)N(C)C)cc1. The second-order valence-corrected chi connectivity index (χ2v) is 6.30. The average molecular weight is 347 g/mol. The van der Waals surface area contributed by atoms with Crippen molar-refractivity contribution >= 4 is 17.5 Å². The summed E-state index contributed by atoms with van der Waals surface area (Å²) in [4.78, 5) is 14.3. The van der Waals surface area contributed by atoms with Gasteiger partial charge in [-0.1, -0.05) is 35.9 Å². The average Bonchev–Trinajstić information content (AvgIpc) is 2.57. The smallest absolute Gasteiger partial charge is 0.224 e. The summed E-state index contributed by atoms with van der Waals surface area (Å²) in [6.07, 6.45) is 0.347. The van der Waals surface area contributed by atoms with Crippen LogP contribution in [0.25, 0.3) is 0 Å². The van der Waals surface area contributed by atoms with Crippen molar-refractivity contribution in [2.45, 2.75) is 12.5 Å². The topological polar surface area (TPSA) is 41.6 Å². The maximum absolute atomic E-state index is 12.2. The molecule has 128 valence electrons. The molecule has 0 aliphatic rings. The van der Waals surface area contributed by atoms with Gasteiger partial charge in [0, 0.05) is 11.6 Å². The van der Waals surface area contributed by atoms with Crippen LogP contribution < -0.4 is 10.1 Å². The van der Waals surface area contributed by atoms with Gasteiger partial charge in [-0.2, -0.15) is 0 Å². The van der Waals surface area contributed by atoms with Gasteiger partial charge in [0.05, 0.1) is 19.6 Å². The molecule has 0 fully saturated rings. The first-order valence-corrected chi connectivity index (χ1v) is 8.19. The predicted octanol–water partition coefficient (Wildman–Crippen LogP) is 3.31. The molecule has 0 aliphatic heterocycles. The van der Waals surface area contributed by atoms with E-state index in [-0.39, 0.29) is 11.9 Å². The molecular formula is C19H23ClN2O2. The zero-order valence-corrected chi connectivity index (χ0v) is 15.0. The van der Waals surface area contributed by atoms with Gasteiger partial charge in [-0.15, -0.1) is 0 Å². The number of carbonyl (C=O) groups excluding carboxylic acids is 1. The largest absolute Gasteiger partial charge is 0.497 e. The van der Waals surface area contributed by atoms with Crippen LogP contribution in [0.5, 0.6) is 5.75 Å². The fourth-order valence-electron chi connectivity index (χ4n) is 2.49. The summed E-state index contributed by atoms with van der Waals surface area (Å²) in [6, 6.07) is 15.3. The summed E-state index contributed by atoms with van der Waals surface area (Å²) < 4.78 is 5.19. The molecule has 2 rings (SSSR count). The van der Waals surface area contributed by atoms with Gasteiger partial charge in [0.2, 0.25) is 5.91 Å². The number of hydrogen-bond acceptors (Lipinski definition) is 3. The van der Waals surface area contributed by atoms with Gasteiger partial charge in [0.1, 0.15) is 5.75 Å². The van der Waals surface area contributed by atoms with Gasteiger partial charge in [0.15, 0.2) is 0 Å². The molecule has 0 radical (unpaired) electrons. The third-order valence-corrected chi connectivity index (χ3v) is 4.15. The first-order chi connectivity index (χ1) is 11.5. The van der Waals surface area contributed by atoms with Crippen molar-refractivity contribution in [3.63, 3.8) is 0 Å². The molecule has 2 aromatic rings. The highest BCUT2D eigenvalue weighted by molar-refractivity contribution is 6.30. The molecule has 0 saturated heterocycles. The van der Waals surface area contributed by atoms with Crippen LogP contribution >= 0.6 is 11.6 Å². The molecule has 0 bridgehead atoms. The summed E-state index contributed by atoms with van der Waals surface area (Å²) in [7, 11) is 5.65. The normalized spacial score (nSPS) is 12.0. The number of nitrogens with one attached hydrogen (secondary N) is 1. The third-order valence-electron chi connectivity index (χ3n) is 3.89. The van der Waals surface area contributed by atoms with Gasteiger partial charge in [-0.25, -0.2) is 0 Å². The van der Waals surface area contributed by atoms with Gasteiger partial charge in [-0.05, 0) is 49.5 Å². The Labute approximate surface area is 148 Å². The Morgan fingerprint density at radius 1 is 1.12 bits per heavy atom. The Hall–Kier alpha value is -2.04. The molecule has 5 heteroatoms. The lowest BCUT2D eigenvalue weighted by Gasteiger charge is -2.25. The fourth-order valence-corrected chi connectivity index (χ4v) is 2.61. The van der Waals surface area contributed by atoms with Crippen LogP contribution in [0.4, 0.5) is 0 Å². The molecule has 24 heavy (non-hydrogen) atoms. The fraction of sp³-hybridized carbons (Fsp3) is 0.316. The lowest BCUT2D eigenvalue weighted by Crippen LogP contribution is -2.35. The van der Waals surface area contributed by atoms with E-state index in [0.717, 1.165) is 16.9 Å². The zero-order valence-electron chi connectivity index (χ0n) is 14.3. The molecule has 0 unspecified atom stereocenters. The minimum atomic E-state index is -0.00214. The van der Waals surface area contributed by atoms with Crippen molar-refractivity contribution in [1.82, 2.24) is 10.2 Å². The summed E-state index contributed by atoms with van der Waals surface area (Å²) in [5.41, 5.74) is 2.08. The highest BCUT2D eigenvalue weighted by atomic mass is 35.5. The minimum absolute atomic E-state index is 0.00214. The van der Waals surface area contributed by atoms with E-state index in [2.05, 4.69) is 10.2 Å². The molecule has 4 nitrogen and oxygen atoms in total. The van der Waals surface area contributed by atoms with Crippen molar-refractivity contribution in [3.05, 3.63) is 64.7 Å². The van der Waals surface area contributed by atoms with E-state index < -0.39 is 0 Å². The number of halogens is 1. The molecule has 2 aromatic carbocycles. The lowest BCUT2D eigenvalue weighted by atomic mass is 10.1. The van der Waals surface area contributed by atoms with Gasteiger partial charge < -0.3 is 15.0 Å². The van der Waals surface area contributed by atoms with Gasteiger partial charge in [-0.3, -0.25) is 4.79 Å². The second kappa shape index (κ2) is 8.71. The van der Waals surface area contributed by atoms with Gasteiger partial charge >= 0.3 is 0 Å². The molecule has 0 saturated carbocycles. The van der Waals surface area contributed by atoms with E-state index in [4.69, 9.17) is 16.3 Å². The van der Waals surface area contributed by atoms with Crippen LogP contribution in [0.15, 0.2) is 48.5 Å². The summed E-state index contributed by atoms with van der Waals surface area (Å²) in [6.45, 7) is 0.547.